The van der Waals surface area contributed by atoms with Gasteiger partial charge in [-0.3, -0.25) is 4.79 Å². The maximum absolute atomic E-state index is 12.4. The zero-order valence-electron chi connectivity index (χ0n) is 12.2. The van der Waals surface area contributed by atoms with Crippen molar-refractivity contribution in [1.29, 1.82) is 0 Å². The zero-order chi connectivity index (χ0) is 14.5. The van der Waals surface area contributed by atoms with E-state index < -0.39 is 0 Å². The van der Waals surface area contributed by atoms with E-state index in [-0.39, 0.29) is 11.4 Å². The number of hydrogen-bond donors (Lipinski definition) is 1. The fourth-order valence-electron chi connectivity index (χ4n) is 3.19. The van der Waals surface area contributed by atoms with Crippen molar-refractivity contribution in [3.8, 4) is 0 Å². The van der Waals surface area contributed by atoms with Gasteiger partial charge < -0.3 is 5.32 Å². The van der Waals surface area contributed by atoms with Gasteiger partial charge in [0.2, 0.25) is 5.91 Å². The number of rotatable bonds is 5. The molecule has 1 fully saturated rings. The minimum absolute atomic E-state index is 0.0953. The molecule has 1 saturated carbocycles. The predicted octanol–water partition coefficient (Wildman–Crippen LogP) is 4.27. The Kier molecular flexibility index (Phi) is 4.39. The average molecular weight is 299 g/mol. The van der Waals surface area contributed by atoms with Crippen LogP contribution >= 0.6 is 11.3 Å². The molecule has 1 aliphatic carbocycles. The summed E-state index contributed by atoms with van der Waals surface area (Å²) >= 11 is 1.76. The molecular formula is C18H21NOS. The Balaban J connectivity index is 1.62. The molecule has 0 spiro atoms. The lowest BCUT2D eigenvalue weighted by Gasteiger charge is -2.29. The van der Waals surface area contributed by atoms with Gasteiger partial charge in [-0.15, -0.1) is 11.3 Å². The summed E-state index contributed by atoms with van der Waals surface area (Å²) in [4.78, 5) is 13.7. The van der Waals surface area contributed by atoms with Crippen molar-refractivity contribution >= 4 is 17.2 Å². The first-order chi connectivity index (χ1) is 10.3. The largest absolute Gasteiger partial charge is 0.346 e. The molecule has 0 saturated heterocycles. The number of aryl methyl sites for hydroxylation is 1. The van der Waals surface area contributed by atoms with E-state index in [1.807, 2.05) is 18.2 Å². The molecule has 1 aliphatic rings. The molecule has 1 aromatic carbocycles. The van der Waals surface area contributed by atoms with Crippen LogP contribution in [-0.4, -0.2) is 5.91 Å². The molecule has 3 heteroatoms. The lowest BCUT2D eigenvalue weighted by molar-refractivity contribution is -0.123. The summed E-state index contributed by atoms with van der Waals surface area (Å²) in [5.41, 5.74) is 1.13. The van der Waals surface area contributed by atoms with Gasteiger partial charge in [-0.05, 0) is 36.3 Å². The van der Waals surface area contributed by atoms with E-state index in [9.17, 15) is 4.79 Å². The van der Waals surface area contributed by atoms with E-state index in [0.717, 1.165) is 19.3 Å². The van der Waals surface area contributed by atoms with Crippen molar-refractivity contribution in [2.75, 3.05) is 0 Å². The van der Waals surface area contributed by atoms with E-state index >= 15 is 0 Å². The van der Waals surface area contributed by atoms with Crippen LogP contribution in [0, 0.1) is 0 Å². The van der Waals surface area contributed by atoms with Crippen LogP contribution in [0.3, 0.4) is 0 Å². The highest BCUT2D eigenvalue weighted by Crippen LogP contribution is 2.40. The van der Waals surface area contributed by atoms with Gasteiger partial charge in [-0.25, -0.2) is 0 Å². The second-order valence-corrected chi connectivity index (χ2v) is 6.75. The fraction of sp³-hybridized carbons (Fsp3) is 0.389. The Labute approximate surface area is 130 Å². The summed E-state index contributed by atoms with van der Waals surface area (Å²) in [7, 11) is 0. The predicted molar refractivity (Wildman–Crippen MR) is 87.4 cm³/mol. The summed E-state index contributed by atoms with van der Waals surface area (Å²) in [5.74, 6) is 0.175. The maximum Gasteiger partial charge on any atom is 0.221 e. The Morgan fingerprint density at radius 3 is 2.52 bits per heavy atom. The Hall–Kier alpha value is -1.61. The summed E-state index contributed by atoms with van der Waals surface area (Å²) in [6, 6.07) is 14.5. The van der Waals surface area contributed by atoms with Crippen LogP contribution in [0.4, 0.5) is 0 Å². The number of amides is 1. The number of nitrogens with one attached hydrogen (secondary N) is 1. The van der Waals surface area contributed by atoms with Crippen molar-refractivity contribution in [2.45, 2.75) is 44.1 Å². The van der Waals surface area contributed by atoms with Crippen molar-refractivity contribution in [3.63, 3.8) is 0 Å². The highest BCUT2D eigenvalue weighted by molar-refractivity contribution is 7.10. The van der Waals surface area contributed by atoms with Crippen molar-refractivity contribution in [3.05, 3.63) is 58.3 Å². The molecule has 2 aromatic rings. The van der Waals surface area contributed by atoms with Gasteiger partial charge in [0.15, 0.2) is 0 Å². The van der Waals surface area contributed by atoms with Gasteiger partial charge >= 0.3 is 0 Å². The molecule has 2 nitrogen and oxygen atoms in total. The molecule has 0 unspecified atom stereocenters. The second-order valence-electron chi connectivity index (χ2n) is 5.80. The van der Waals surface area contributed by atoms with Crippen LogP contribution in [0.5, 0.6) is 0 Å². The van der Waals surface area contributed by atoms with E-state index in [1.54, 1.807) is 11.3 Å². The summed E-state index contributed by atoms with van der Waals surface area (Å²) < 4.78 is 0. The Morgan fingerprint density at radius 1 is 1.10 bits per heavy atom. The Bertz CT molecular complexity index is 571. The first-order valence-electron chi connectivity index (χ1n) is 7.67. The van der Waals surface area contributed by atoms with Crippen LogP contribution in [0.15, 0.2) is 47.8 Å². The highest BCUT2D eigenvalue weighted by Gasteiger charge is 2.37. The van der Waals surface area contributed by atoms with Crippen molar-refractivity contribution < 1.29 is 4.79 Å². The fourth-order valence-corrected chi connectivity index (χ4v) is 4.14. The topological polar surface area (TPSA) is 29.1 Å². The minimum Gasteiger partial charge on any atom is -0.346 e. The van der Waals surface area contributed by atoms with E-state index in [1.165, 1.54) is 23.3 Å². The van der Waals surface area contributed by atoms with Crippen molar-refractivity contribution in [1.82, 2.24) is 5.32 Å². The molecule has 3 rings (SSSR count). The van der Waals surface area contributed by atoms with Crippen LogP contribution in [-0.2, 0) is 16.8 Å². The second kappa shape index (κ2) is 6.44. The van der Waals surface area contributed by atoms with E-state index in [2.05, 4.69) is 35.0 Å². The third-order valence-electron chi connectivity index (χ3n) is 4.31. The smallest absolute Gasteiger partial charge is 0.221 e. The summed E-state index contributed by atoms with van der Waals surface area (Å²) in [6.45, 7) is 0. The third-order valence-corrected chi connectivity index (χ3v) is 5.39. The molecule has 1 aromatic heterocycles. The molecule has 0 radical (unpaired) electrons. The standard InChI is InChI=1S/C18H21NOS/c20-17(11-10-15-7-2-1-3-8-15)19-18(12-4-5-13-18)16-9-6-14-21-16/h1-3,6-9,14H,4-5,10-13H2,(H,19,20). The van der Waals surface area contributed by atoms with E-state index in [4.69, 9.17) is 0 Å². The molecule has 0 aliphatic heterocycles. The average Bonchev–Trinajstić information content (AvgIpc) is 3.18. The number of benzene rings is 1. The van der Waals surface area contributed by atoms with Gasteiger partial charge in [-0.2, -0.15) is 0 Å². The number of thiophene rings is 1. The molecule has 1 amide bonds. The Morgan fingerprint density at radius 2 is 1.86 bits per heavy atom. The normalized spacial score (nSPS) is 16.8. The first-order valence-corrected chi connectivity index (χ1v) is 8.55. The van der Waals surface area contributed by atoms with Gasteiger partial charge in [0, 0.05) is 11.3 Å². The van der Waals surface area contributed by atoms with Gasteiger partial charge in [0.05, 0.1) is 5.54 Å². The van der Waals surface area contributed by atoms with Crippen LogP contribution in [0.1, 0.15) is 42.5 Å². The van der Waals surface area contributed by atoms with Crippen LogP contribution in [0.2, 0.25) is 0 Å². The third kappa shape index (κ3) is 3.35. The molecule has 110 valence electrons. The highest BCUT2D eigenvalue weighted by atomic mass is 32.1. The molecule has 0 bridgehead atoms. The zero-order valence-corrected chi connectivity index (χ0v) is 13.0. The molecule has 0 atom stereocenters. The number of hydrogen-bond acceptors (Lipinski definition) is 2. The van der Waals surface area contributed by atoms with Crippen molar-refractivity contribution in [2.24, 2.45) is 0 Å². The first kappa shape index (κ1) is 14.3. The molecule has 21 heavy (non-hydrogen) atoms. The van der Waals surface area contributed by atoms with E-state index in [0.29, 0.717) is 6.42 Å². The van der Waals surface area contributed by atoms with Crippen LogP contribution in [0.25, 0.3) is 0 Å². The SMILES string of the molecule is O=C(CCc1ccccc1)NC1(c2cccs2)CCCC1. The minimum atomic E-state index is -0.0953. The lowest BCUT2D eigenvalue weighted by atomic mass is 9.95. The van der Waals surface area contributed by atoms with Crippen LogP contribution < -0.4 is 5.32 Å². The van der Waals surface area contributed by atoms with Gasteiger partial charge in [0.1, 0.15) is 0 Å². The number of carbonyl (C=O) groups excluding carboxylic acids is 1. The summed E-state index contributed by atoms with van der Waals surface area (Å²) in [5, 5.41) is 5.44. The number of carbonyl (C=O) groups is 1. The van der Waals surface area contributed by atoms with Gasteiger partial charge in [0.25, 0.3) is 0 Å². The lowest BCUT2D eigenvalue weighted by Crippen LogP contribution is -2.43. The quantitative estimate of drug-likeness (QED) is 0.878. The van der Waals surface area contributed by atoms with Gasteiger partial charge in [-0.1, -0.05) is 49.2 Å². The molecule has 1 heterocycles. The molecule has 1 N–H and O–H groups in total. The summed E-state index contributed by atoms with van der Waals surface area (Å²) in [6.07, 6.45) is 5.94. The maximum atomic E-state index is 12.4. The molecular weight excluding hydrogens is 278 g/mol. The monoisotopic (exact) mass is 299 g/mol.